The minimum absolute atomic E-state index is 0.141. The first-order valence-corrected chi connectivity index (χ1v) is 8.08. The molecule has 2 rings (SSSR count). The van der Waals surface area contributed by atoms with E-state index in [2.05, 4.69) is 21.2 Å². The number of aryl methyl sites for hydroxylation is 1. The lowest BCUT2D eigenvalue weighted by atomic mass is 10.1. The maximum absolute atomic E-state index is 12.2. The van der Waals surface area contributed by atoms with Crippen molar-refractivity contribution >= 4 is 39.1 Å². The Morgan fingerprint density at radius 1 is 1.17 bits per heavy atom. The molecular weight excluding hydrogens is 382 g/mol. The summed E-state index contributed by atoms with van der Waals surface area (Å²) in [6.07, 6.45) is 0.201. The van der Waals surface area contributed by atoms with E-state index in [9.17, 15) is 4.79 Å². The molecule has 122 valence electrons. The summed E-state index contributed by atoms with van der Waals surface area (Å²) >= 11 is 9.52. The van der Waals surface area contributed by atoms with Gasteiger partial charge < -0.3 is 14.8 Å². The quantitative estimate of drug-likeness (QED) is 0.800. The number of carbonyl (C=O) groups excluding carboxylic acids is 1. The molecule has 1 amide bonds. The molecular formula is C17H17BrClNO3. The van der Waals surface area contributed by atoms with Crippen LogP contribution in [0.1, 0.15) is 11.1 Å². The highest BCUT2D eigenvalue weighted by molar-refractivity contribution is 9.10. The van der Waals surface area contributed by atoms with Gasteiger partial charge in [-0.05, 0) is 42.3 Å². The van der Waals surface area contributed by atoms with Crippen LogP contribution in [-0.4, -0.2) is 20.1 Å². The lowest BCUT2D eigenvalue weighted by Crippen LogP contribution is -2.15. The van der Waals surface area contributed by atoms with Gasteiger partial charge in [0, 0.05) is 15.2 Å². The van der Waals surface area contributed by atoms with Gasteiger partial charge in [-0.25, -0.2) is 0 Å². The zero-order valence-corrected chi connectivity index (χ0v) is 15.4. The van der Waals surface area contributed by atoms with Crippen LogP contribution in [0.15, 0.2) is 34.8 Å². The molecule has 0 aromatic heterocycles. The molecule has 0 aliphatic carbocycles. The third kappa shape index (κ3) is 4.39. The molecule has 4 nitrogen and oxygen atoms in total. The Labute approximate surface area is 148 Å². The second-order valence-electron chi connectivity index (χ2n) is 4.99. The summed E-state index contributed by atoms with van der Waals surface area (Å²) in [5.41, 5.74) is 2.44. The fraction of sp³-hybridized carbons (Fsp3) is 0.235. The van der Waals surface area contributed by atoms with E-state index in [1.165, 1.54) is 0 Å². The Morgan fingerprint density at radius 3 is 2.43 bits per heavy atom. The van der Waals surface area contributed by atoms with Crippen molar-refractivity contribution in [3.05, 3.63) is 51.0 Å². The molecule has 0 heterocycles. The Balaban J connectivity index is 2.15. The van der Waals surface area contributed by atoms with Gasteiger partial charge in [0.15, 0.2) is 11.5 Å². The second-order valence-corrected chi connectivity index (χ2v) is 6.25. The zero-order chi connectivity index (χ0) is 17.0. The summed E-state index contributed by atoms with van der Waals surface area (Å²) in [6, 6.07) is 8.99. The van der Waals surface area contributed by atoms with Gasteiger partial charge in [-0.15, -0.1) is 0 Å². The van der Waals surface area contributed by atoms with Crippen LogP contribution in [0.3, 0.4) is 0 Å². The predicted molar refractivity (Wildman–Crippen MR) is 95.8 cm³/mol. The van der Waals surface area contributed by atoms with E-state index in [-0.39, 0.29) is 12.3 Å². The van der Waals surface area contributed by atoms with E-state index in [0.717, 1.165) is 15.6 Å². The highest BCUT2D eigenvalue weighted by atomic mass is 79.9. The molecule has 0 aliphatic rings. The first-order valence-electron chi connectivity index (χ1n) is 6.91. The van der Waals surface area contributed by atoms with E-state index in [1.54, 1.807) is 32.4 Å². The lowest BCUT2D eigenvalue weighted by Gasteiger charge is -2.12. The van der Waals surface area contributed by atoms with Crippen molar-refractivity contribution in [1.29, 1.82) is 0 Å². The van der Waals surface area contributed by atoms with Crippen molar-refractivity contribution in [3.8, 4) is 11.5 Å². The van der Waals surface area contributed by atoms with Crippen LogP contribution in [0.25, 0.3) is 0 Å². The van der Waals surface area contributed by atoms with Crippen LogP contribution in [-0.2, 0) is 11.2 Å². The third-order valence-electron chi connectivity index (χ3n) is 3.36. The Kier molecular flexibility index (Phi) is 5.91. The maximum Gasteiger partial charge on any atom is 0.228 e. The zero-order valence-electron chi connectivity index (χ0n) is 13.1. The van der Waals surface area contributed by atoms with Gasteiger partial charge in [-0.1, -0.05) is 33.6 Å². The van der Waals surface area contributed by atoms with Crippen LogP contribution in [0, 0.1) is 6.92 Å². The number of hydrogen-bond donors (Lipinski definition) is 1. The highest BCUT2D eigenvalue weighted by Crippen LogP contribution is 2.33. The number of rotatable bonds is 5. The van der Waals surface area contributed by atoms with Crippen molar-refractivity contribution in [2.75, 3.05) is 19.5 Å². The summed E-state index contributed by atoms with van der Waals surface area (Å²) < 4.78 is 11.3. The molecule has 0 bridgehead atoms. The molecule has 0 radical (unpaired) electrons. The minimum atomic E-state index is -0.141. The maximum atomic E-state index is 12.2. The summed E-state index contributed by atoms with van der Waals surface area (Å²) in [5.74, 6) is 1.04. The number of carbonyl (C=O) groups is 1. The normalized spacial score (nSPS) is 10.3. The molecule has 6 heteroatoms. The molecule has 0 saturated carbocycles. The molecule has 0 aliphatic heterocycles. The fourth-order valence-corrected chi connectivity index (χ4v) is 2.72. The minimum Gasteiger partial charge on any atom is -0.493 e. The van der Waals surface area contributed by atoms with E-state index in [1.807, 2.05) is 19.1 Å². The largest absolute Gasteiger partial charge is 0.493 e. The number of anilines is 1. The Hall–Kier alpha value is -1.72. The van der Waals surface area contributed by atoms with Gasteiger partial charge >= 0.3 is 0 Å². The average molecular weight is 399 g/mol. The van der Waals surface area contributed by atoms with E-state index < -0.39 is 0 Å². The van der Waals surface area contributed by atoms with Crippen LogP contribution in [0.5, 0.6) is 11.5 Å². The van der Waals surface area contributed by atoms with Gasteiger partial charge in [-0.3, -0.25) is 4.79 Å². The van der Waals surface area contributed by atoms with E-state index in [4.69, 9.17) is 21.1 Å². The number of amides is 1. The molecule has 2 aromatic carbocycles. The summed E-state index contributed by atoms with van der Waals surface area (Å²) in [7, 11) is 3.13. The van der Waals surface area contributed by atoms with Gasteiger partial charge in [0.05, 0.1) is 20.6 Å². The average Bonchev–Trinajstić information content (AvgIpc) is 2.52. The number of hydrogen-bond acceptors (Lipinski definition) is 3. The van der Waals surface area contributed by atoms with Crippen molar-refractivity contribution in [2.45, 2.75) is 13.3 Å². The van der Waals surface area contributed by atoms with Crippen LogP contribution in [0.2, 0.25) is 5.02 Å². The molecule has 0 fully saturated rings. The third-order valence-corrected chi connectivity index (χ3v) is 4.50. The van der Waals surface area contributed by atoms with Crippen molar-refractivity contribution in [1.82, 2.24) is 0 Å². The number of halogens is 2. The van der Waals surface area contributed by atoms with Gasteiger partial charge in [0.2, 0.25) is 5.91 Å². The van der Waals surface area contributed by atoms with Crippen LogP contribution in [0.4, 0.5) is 5.69 Å². The molecule has 1 N–H and O–H groups in total. The number of ether oxygens (including phenoxy) is 2. The smallest absolute Gasteiger partial charge is 0.228 e. The van der Waals surface area contributed by atoms with E-state index in [0.29, 0.717) is 22.2 Å². The molecule has 2 aromatic rings. The topological polar surface area (TPSA) is 47.6 Å². The standard InChI is InChI=1S/C17H17BrClNO3/c1-10-4-5-12(8-14(10)19)20-17(21)7-11-6-15(22-2)16(23-3)9-13(11)18/h4-6,8-9H,7H2,1-3H3,(H,20,21). The predicted octanol–water partition coefficient (Wildman–Crippen LogP) is 4.61. The first kappa shape index (κ1) is 17.6. The molecule has 0 unspecified atom stereocenters. The summed E-state index contributed by atoms with van der Waals surface area (Å²) in [5, 5.41) is 3.46. The summed E-state index contributed by atoms with van der Waals surface area (Å²) in [4.78, 5) is 12.2. The molecule has 0 saturated heterocycles. The molecule has 0 spiro atoms. The lowest BCUT2D eigenvalue weighted by molar-refractivity contribution is -0.115. The number of nitrogens with one attached hydrogen (secondary N) is 1. The Bertz CT molecular complexity index is 734. The molecule has 23 heavy (non-hydrogen) atoms. The van der Waals surface area contributed by atoms with Crippen LogP contribution >= 0.6 is 27.5 Å². The first-order chi connectivity index (χ1) is 10.9. The Morgan fingerprint density at radius 2 is 1.83 bits per heavy atom. The monoisotopic (exact) mass is 397 g/mol. The SMILES string of the molecule is COc1cc(Br)c(CC(=O)Nc2ccc(C)c(Cl)c2)cc1OC. The number of methoxy groups -OCH3 is 2. The molecule has 0 atom stereocenters. The highest BCUT2D eigenvalue weighted by Gasteiger charge is 2.13. The van der Waals surface area contributed by atoms with Crippen LogP contribution < -0.4 is 14.8 Å². The number of benzene rings is 2. The van der Waals surface area contributed by atoms with Gasteiger partial charge in [0.1, 0.15) is 0 Å². The van der Waals surface area contributed by atoms with Crippen molar-refractivity contribution in [2.24, 2.45) is 0 Å². The van der Waals surface area contributed by atoms with E-state index >= 15 is 0 Å². The fourth-order valence-electron chi connectivity index (χ4n) is 2.08. The van der Waals surface area contributed by atoms with Gasteiger partial charge in [-0.2, -0.15) is 0 Å². The van der Waals surface area contributed by atoms with Gasteiger partial charge in [0.25, 0.3) is 0 Å². The summed E-state index contributed by atoms with van der Waals surface area (Å²) in [6.45, 7) is 1.91. The van der Waals surface area contributed by atoms with Crippen molar-refractivity contribution in [3.63, 3.8) is 0 Å². The van der Waals surface area contributed by atoms with Crippen molar-refractivity contribution < 1.29 is 14.3 Å². The second kappa shape index (κ2) is 7.70.